The van der Waals surface area contributed by atoms with Gasteiger partial charge in [0, 0.05) is 33.6 Å². The molecule has 0 aromatic carbocycles. The van der Waals surface area contributed by atoms with Crippen LogP contribution in [-0.4, -0.2) is 97.1 Å². The standard InChI is InChI=1S/C24H40N6O2.C18H38O.C12H26O.CH5N/c31-18-11-7-3-1-5-9-15-30(16-10-6-2-4-8-12-19-32)17-13-14-25-24-26-20-22-23(29-24)28-21-27-22;1-4-6-8-10-12-14-16-18(19-3)17-15-13-11-9-7-5-2;1-4-6-7-8-9-10-11-12(5-2)13-3;1-2/h18-21H,1-17H2,(H2,25,26,27,28,29);18H,4-17H2,1-3H3;12H,4-11H2,1-3H3;2H2,1H3. The molecule has 388 valence electrons. The molecule has 0 aliphatic heterocycles. The van der Waals surface area contributed by atoms with Crippen molar-refractivity contribution in [3.8, 4) is 0 Å². The maximum Gasteiger partial charge on any atom is 0.224 e. The molecule has 2 heterocycles. The highest BCUT2D eigenvalue weighted by atomic mass is 16.5. The number of aromatic nitrogens is 4. The summed E-state index contributed by atoms with van der Waals surface area (Å²) in [4.78, 5) is 39.3. The van der Waals surface area contributed by atoms with Gasteiger partial charge in [0.1, 0.15) is 18.1 Å². The molecular weight excluding hydrogens is 823 g/mol. The Balaban J connectivity index is 0. The van der Waals surface area contributed by atoms with Crippen LogP contribution < -0.4 is 11.1 Å². The lowest BCUT2D eigenvalue weighted by atomic mass is 10.0. The van der Waals surface area contributed by atoms with Gasteiger partial charge in [0.25, 0.3) is 0 Å². The Bertz CT molecular complexity index is 1190. The van der Waals surface area contributed by atoms with Gasteiger partial charge in [-0.2, -0.15) is 4.98 Å². The number of carbonyl (C=O) groups is 2. The summed E-state index contributed by atoms with van der Waals surface area (Å²) in [5.41, 5.74) is 6.03. The minimum absolute atomic E-state index is 0.506. The number of ether oxygens (including phenoxy) is 2. The Hall–Kier alpha value is -2.47. The van der Waals surface area contributed by atoms with Crippen LogP contribution in [0.1, 0.15) is 252 Å². The molecule has 1 unspecified atom stereocenters. The van der Waals surface area contributed by atoms with Crippen molar-refractivity contribution in [3.05, 3.63) is 12.5 Å². The highest BCUT2D eigenvalue weighted by Crippen LogP contribution is 2.17. The number of nitrogens with two attached hydrogens (primary N) is 1. The summed E-state index contributed by atoms with van der Waals surface area (Å²) in [6.07, 6.45) is 50.6. The van der Waals surface area contributed by atoms with Gasteiger partial charge in [-0.1, -0.05) is 182 Å². The van der Waals surface area contributed by atoms with Gasteiger partial charge in [-0.05, 0) is 84.5 Å². The zero-order chi connectivity index (χ0) is 48.8. The van der Waals surface area contributed by atoms with Gasteiger partial charge in [0.05, 0.1) is 24.7 Å². The van der Waals surface area contributed by atoms with E-state index in [4.69, 9.17) is 9.47 Å². The quantitative estimate of drug-likeness (QED) is 0.0433. The van der Waals surface area contributed by atoms with Crippen LogP contribution in [0.2, 0.25) is 0 Å². The minimum Gasteiger partial charge on any atom is -0.381 e. The first-order valence-electron chi connectivity index (χ1n) is 27.7. The van der Waals surface area contributed by atoms with E-state index in [9.17, 15) is 9.59 Å². The van der Waals surface area contributed by atoms with Crippen molar-refractivity contribution < 1.29 is 19.1 Å². The van der Waals surface area contributed by atoms with E-state index in [0.29, 0.717) is 36.6 Å². The number of anilines is 1. The fraction of sp³-hybridized carbons (Fsp3) is 0.873. The number of hydrogen-bond donors (Lipinski definition) is 3. The van der Waals surface area contributed by atoms with E-state index >= 15 is 0 Å². The lowest BCUT2D eigenvalue weighted by Crippen LogP contribution is -2.28. The maximum absolute atomic E-state index is 10.4. The van der Waals surface area contributed by atoms with Gasteiger partial charge >= 0.3 is 0 Å². The van der Waals surface area contributed by atoms with Crippen molar-refractivity contribution in [2.24, 2.45) is 5.73 Å². The summed E-state index contributed by atoms with van der Waals surface area (Å²) in [6.45, 7) is 13.2. The first-order chi connectivity index (χ1) is 32.5. The SMILES string of the molecule is CCCCCCCCC(CC)OC.CCCCCCCCC(CCCCCCCC)OC.CN.O=CCCCCCCCN(CCCCCCCC=O)CCCNc1ncc2[nH]cnc2n1. The Morgan fingerprint density at radius 3 is 1.41 bits per heavy atom. The number of fused-ring (bicyclic) bond motifs is 1. The zero-order valence-electron chi connectivity index (χ0n) is 44.5. The van der Waals surface area contributed by atoms with Crippen LogP contribution in [-0.2, 0) is 19.1 Å². The number of imidazole rings is 1. The molecule has 66 heavy (non-hydrogen) atoms. The van der Waals surface area contributed by atoms with Gasteiger partial charge in [-0.3, -0.25) is 0 Å². The van der Waals surface area contributed by atoms with Crippen LogP contribution in [0.3, 0.4) is 0 Å². The molecule has 2 aromatic heterocycles. The normalized spacial score (nSPS) is 11.4. The molecule has 2 rings (SSSR count). The topological polar surface area (TPSA) is 148 Å². The largest absolute Gasteiger partial charge is 0.381 e. The molecule has 0 aliphatic rings. The summed E-state index contributed by atoms with van der Waals surface area (Å²) in [7, 11) is 5.21. The zero-order valence-corrected chi connectivity index (χ0v) is 44.5. The number of H-pyrrole nitrogens is 1. The summed E-state index contributed by atoms with van der Waals surface area (Å²) in [5.74, 6) is 0.627. The Kier molecular flexibility index (Phi) is 54.8. The second-order valence-electron chi connectivity index (χ2n) is 18.2. The molecule has 0 saturated heterocycles. The fourth-order valence-corrected chi connectivity index (χ4v) is 8.17. The van der Waals surface area contributed by atoms with E-state index < -0.39 is 0 Å². The van der Waals surface area contributed by atoms with Crippen LogP contribution in [0.15, 0.2) is 12.5 Å². The highest BCUT2D eigenvalue weighted by molar-refractivity contribution is 5.69. The summed E-state index contributed by atoms with van der Waals surface area (Å²) < 4.78 is 10.9. The van der Waals surface area contributed by atoms with Crippen molar-refractivity contribution in [2.75, 3.05) is 52.8 Å². The van der Waals surface area contributed by atoms with Crippen LogP contribution in [0.5, 0.6) is 0 Å². The molecule has 0 bridgehead atoms. The van der Waals surface area contributed by atoms with E-state index in [1.165, 1.54) is 180 Å². The number of methoxy groups -OCH3 is 2. The van der Waals surface area contributed by atoms with Crippen LogP contribution in [0.4, 0.5) is 5.95 Å². The fourth-order valence-electron chi connectivity index (χ4n) is 8.17. The molecule has 11 heteroatoms. The number of unbranched alkanes of at least 4 members (excludes halogenated alkanes) is 25. The molecule has 11 nitrogen and oxygen atoms in total. The van der Waals surface area contributed by atoms with Gasteiger partial charge < -0.3 is 40.0 Å². The van der Waals surface area contributed by atoms with Gasteiger partial charge in [-0.15, -0.1) is 0 Å². The molecule has 0 aliphatic carbocycles. The van der Waals surface area contributed by atoms with E-state index in [1.54, 1.807) is 12.5 Å². The molecule has 0 saturated carbocycles. The molecule has 0 fully saturated rings. The summed E-state index contributed by atoms with van der Waals surface area (Å²) in [6, 6.07) is 0. The lowest BCUT2D eigenvalue weighted by molar-refractivity contribution is -0.108. The van der Waals surface area contributed by atoms with Crippen molar-refractivity contribution in [1.82, 2.24) is 24.8 Å². The van der Waals surface area contributed by atoms with Crippen molar-refractivity contribution in [2.45, 2.75) is 265 Å². The third-order valence-electron chi connectivity index (χ3n) is 12.5. The predicted octanol–water partition coefficient (Wildman–Crippen LogP) is 14.8. The second kappa shape index (κ2) is 55.1. The van der Waals surface area contributed by atoms with Crippen molar-refractivity contribution in [3.63, 3.8) is 0 Å². The number of rotatable bonds is 45. The van der Waals surface area contributed by atoms with E-state index in [2.05, 4.69) is 63.6 Å². The molecule has 0 amide bonds. The minimum atomic E-state index is 0.506. The monoisotopic (exact) mass is 932 g/mol. The number of carbonyl (C=O) groups excluding carboxylic acids is 2. The molecule has 0 spiro atoms. The summed E-state index contributed by atoms with van der Waals surface area (Å²) >= 11 is 0. The average Bonchev–Trinajstić information content (AvgIpc) is 3.82. The Labute approximate surface area is 407 Å². The predicted molar refractivity (Wildman–Crippen MR) is 285 cm³/mol. The van der Waals surface area contributed by atoms with Crippen LogP contribution in [0, 0.1) is 0 Å². The summed E-state index contributed by atoms with van der Waals surface area (Å²) in [5, 5.41) is 3.31. The number of nitrogens with one attached hydrogen (secondary N) is 2. The van der Waals surface area contributed by atoms with Crippen LogP contribution in [0.25, 0.3) is 11.2 Å². The van der Waals surface area contributed by atoms with Gasteiger partial charge in [0.2, 0.25) is 5.95 Å². The lowest BCUT2D eigenvalue weighted by Gasteiger charge is -2.22. The third-order valence-corrected chi connectivity index (χ3v) is 12.5. The highest BCUT2D eigenvalue weighted by Gasteiger charge is 2.08. The number of hydrogen-bond acceptors (Lipinski definition) is 10. The molecule has 1 atom stereocenters. The maximum atomic E-state index is 10.4. The first kappa shape index (κ1) is 65.6. The Morgan fingerprint density at radius 1 is 0.561 bits per heavy atom. The van der Waals surface area contributed by atoms with Gasteiger partial charge in [0.15, 0.2) is 5.65 Å². The average molecular weight is 933 g/mol. The van der Waals surface area contributed by atoms with E-state index in [1.807, 2.05) is 14.2 Å². The molecule has 4 N–H and O–H groups in total. The van der Waals surface area contributed by atoms with Crippen molar-refractivity contribution >= 4 is 29.7 Å². The number of aromatic amines is 1. The van der Waals surface area contributed by atoms with Crippen molar-refractivity contribution in [1.29, 1.82) is 0 Å². The van der Waals surface area contributed by atoms with Crippen LogP contribution >= 0.6 is 0 Å². The van der Waals surface area contributed by atoms with E-state index in [0.717, 1.165) is 82.8 Å². The number of aldehydes is 2. The smallest absolute Gasteiger partial charge is 0.224 e. The molecule has 2 aromatic rings. The first-order valence-corrected chi connectivity index (χ1v) is 27.7. The Morgan fingerprint density at radius 2 is 0.970 bits per heavy atom. The number of nitrogens with zero attached hydrogens (tertiary/aromatic N) is 4. The second-order valence-corrected chi connectivity index (χ2v) is 18.2. The van der Waals surface area contributed by atoms with Gasteiger partial charge in [-0.25, -0.2) is 9.97 Å². The van der Waals surface area contributed by atoms with E-state index in [-0.39, 0.29) is 0 Å². The third kappa shape index (κ3) is 44.1. The molecular formula is C55H109N7O4. The molecule has 0 radical (unpaired) electrons.